The van der Waals surface area contributed by atoms with Crippen molar-refractivity contribution in [1.82, 2.24) is 0 Å². The first kappa shape index (κ1) is 11.9. The van der Waals surface area contributed by atoms with Crippen molar-refractivity contribution in [3.05, 3.63) is 0 Å². The van der Waals surface area contributed by atoms with E-state index in [0.717, 1.165) is 0 Å². The van der Waals surface area contributed by atoms with Gasteiger partial charge in [-0.1, -0.05) is 13.8 Å². The minimum atomic E-state index is -0.780. The van der Waals surface area contributed by atoms with Crippen LogP contribution in [0.15, 0.2) is 0 Å². The van der Waals surface area contributed by atoms with Crippen LogP contribution < -0.4 is 0 Å². The Balaban J connectivity index is 3.02. The summed E-state index contributed by atoms with van der Waals surface area (Å²) in [5, 5.41) is 0. The van der Waals surface area contributed by atoms with E-state index in [4.69, 9.17) is 0 Å². The molecule has 0 aromatic rings. The van der Waals surface area contributed by atoms with E-state index in [9.17, 15) is 14.4 Å². The summed E-state index contributed by atoms with van der Waals surface area (Å²) in [7, 11) is 1.26. The third-order valence-corrected chi connectivity index (χ3v) is 3.38. The summed E-state index contributed by atoms with van der Waals surface area (Å²) in [5.74, 6) is -2.91. The number of carbonyl (C=O) groups excluding carboxylic acids is 3. The second kappa shape index (κ2) is 4.13. The quantitative estimate of drug-likeness (QED) is 0.477. The van der Waals surface area contributed by atoms with Gasteiger partial charge in [0.2, 0.25) is 0 Å². The van der Waals surface area contributed by atoms with Gasteiger partial charge in [-0.2, -0.15) is 0 Å². The average molecular weight is 212 g/mol. The van der Waals surface area contributed by atoms with E-state index in [1.165, 1.54) is 7.11 Å². The van der Waals surface area contributed by atoms with E-state index >= 15 is 0 Å². The lowest BCUT2D eigenvalue weighted by atomic mass is 9.68. The molecule has 4 heteroatoms. The molecule has 0 radical (unpaired) electrons. The van der Waals surface area contributed by atoms with Crippen molar-refractivity contribution in [2.75, 3.05) is 7.11 Å². The number of esters is 1. The second-order valence-corrected chi connectivity index (χ2v) is 4.18. The average Bonchev–Trinajstić information content (AvgIpc) is 2.23. The molecule has 1 saturated carbocycles. The Kier molecular flexibility index (Phi) is 3.27. The fourth-order valence-electron chi connectivity index (χ4n) is 2.07. The van der Waals surface area contributed by atoms with Crippen molar-refractivity contribution in [2.45, 2.75) is 20.8 Å². The topological polar surface area (TPSA) is 60.4 Å². The first-order valence-electron chi connectivity index (χ1n) is 5.07. The van der Waals surface area contributed by atoms with Crippen molar-refractivity contribution >= 4 is 17.5 Å². The normalized spacial score (nSPS) is 36.5. The smallest absolute Gasteiger partial charge is 0.316 e. The van der Waals surface area contributed by atoms with Gasteiger partial charge in [0, 0.05) is 5.92 Å². The third-order valence-electron chi connectivity index (χ3n) is 3.38. The maximum atomic E-state index is 11.8. The van der Waals surface area contributed by atoms with Gasteiger partial charge in [-0.05, 0) is 12.8 Å². The zero-order valence-corrected chi connectivity index (χ0v) is 9.44. The van der Waals surface area contributed by atoms with Crippen LogP contribution in [0.1, 0.15) is 20.8 Å². The van der Waals surface area contributed by atoms with Crippen LogP contribution in [0.3, 0.4) is 0 Å². The molecular formula is C11H16O4. The highest BCUT2D eigenvalue weighted by molar-refractivity contribution is 6.13. The lowest BCUT2D eigenvalue weighted by Gasteiger charge is -2.33. The molecule has 0 bridgehead atoms. The fraction of sp³-hybridized carbons (Fsp3) is 0.727. The van der Waals surface area contributed by atoms with Gasteiger partial charge in [0.25, 0.3) is 0 Å². The lowest BCUT2D eigenvalue weighted by Crippen LogP contribution is -2.47. The molecule has 84 valence electrons. The molecule has 1 fully saturated rings. The largest absolute Gasteiger partial charge is 0.468 e. The molecule has 1 aliphatic carbocycles. The van der Waals surface area contributed by atoms with E-state index < -0.39 is 17.8 Å². The van der Waals surface area contributed by atoms with Gasteiger partial charge in [0.1, 0.15) is 11.7 Å². The minimum Gasteiger partial charge on any atom is -0.468 e. The molecule has 15 heavy (non-hydrogen) atoms. The first-order valence-corrected chi connectivity index (χ1v) is 5.07. The highest BCUT2D eigenvalue weighted by Gasteiger charge is 2.47. The van der Waals surface area contributed by atoms with Gasteiger partial charge >= 0.3 is 5.97 Å². The molecular weight excluding hydrogens is 196 g/mol. The van der Waals surface area contributed by atoms with E-state index in [0.29, 0.717) is 0 Å². The summed E-state index contributed by atoms with van der Waals surface area (Å²) < 4.78 is 4.59. The van der Waals surface area contributed by atoms with Crippen LogP contribution in [-0.4, -0.2) is 24.6 Å². The molecule has 0 spiro atoms. The summed E-state index contributed by atoms with van der Waals surface area (Å²) in [6.07, 6.45) is 0. The predicted molar refractivity (Wildman–Crippen MR) is 53.0 cm³/mol. The van der Waals surface area contributed by atoms with Crippen molar-refractivity contribution in [2.24, 2.45) is 23.7 Å². The minimum absolute atomic E-state index is 0.0762. The molecule has 1 aliphatic rings. The van der Waals surface area contributed by atoms with Crippen molar-refractivity contribution in [3.63, 3.8) is 0 Å². The Labute approximate surface area is 89.0 Å². The molecule has 4 unspecified atom stereocenters. The fourth-order valence-corrected chi connectivity index (χ4v) is 2.07. The van der Waals surface area contributed by atoms with Gasteiger partial charge in [-0.15, -0.1) is 0 Å². The molecule has 1 rings (SSSR count). The molecule has 0 saturated heterocycles. The number of hydrogen-bond donors (Lipinski definition) is 0. The summed E-state index contributed by atoms with van der Waals surface area (Å²) in [6.45, 7) is 5.06. The van der Waals surface area contributed by atoms with Crippen LogP contribution in [0, 0.1) is 23.7 Å². The van der Waals surface area contributed by atoms with Gasteiger partial charge < -0.3 is 4.74 Å². The van der Waals surface area contributed by atoms with Crippen molar-refractivity contribution in [3.8, 4) is 0 Å². The van der Waals surface area contributed by atoms with Crippen LogP contribution in [-0.2, 0) is 19.1 Å². The van der Waals surface area contributed by atoms with Gasteiger partial charge in [-0.3, -0.25) is 14.4 Å². The van der Waals surface area contributed by atoms with Gasteiger partial charge in [-0.25, -0.2) is 0 Å². The van der Waals surface area contributed by atoms with E-state index in [2.05, 4.69) is 4.74 Å². The van der Waals surface area contributed by atoms with Crippen LogP contribution in [0.25, 0.3) is 0 Å². The van der Waals surface area contributed by atoms with E-state index in [-0.39, 0.29) is 23.4 Å². The molecule has 4 nitrogen and oxygen atoms in total. The van der Waals surface area contributed by atoms with Crippen molar-refractivity contribution < 1.29 is 19.1 Å². The van der Waals surface area contributed by atoms with Crippen LogP contribution >= 0.6 is 0 Å². The molecule has 0 heterocycles. The second-order valence-electron chi connectivity index (χ2n) is 4.18. The van der Waals surface area contributed by atoms with Crippen molar-refractivity contribution in [1.29, 1.82) is 0 Å². The Morgan fingerprint density at radius 1 is 1.13 bits per heavy atom. The number of methoxy groups -OCH3 is 1. The van der Waals surface area contributed by atoms with Crippen LogP contribution in [0.4, 0.5) is 0 Å². The first-order chi connectivity index (χ1) is 6.91. The standard InChI is InChI=1S/C11H16O4/c1-5-6(2)9(12)7(3)10(13)8(5)11(14)15-4/h5-8H,1-4H3. The van der Waals surface area contributed by atoms with Crippen LogP contribution in [0.5, 0.6) is 0 Å². The zero-order valence-electron chi connectivity index (χ0n) is 9.44. The summed E-state index contributed by atoms with van der Waals surface area (Å²) in [4.78, 5) is 34.8. The molecule has 4 atom stereocenters. The molecule has 0 aromatic carbocycles. The third kappa shape index (κ3) is 1.80. The van der Waals surface area contributed by atoms with E-state index in [1.54, 1.807) is 20.8 Å². The van der Waals surface area contributed by atoms with Gasteiger partial charge in [0.15, 0.2) is 5.78 Å². The number of ketones is 2. The molecule has 0 aromatic heterocycles. The molecule has 0 amide bonds. The number of hydrogen-bond acceptors (Lipinski definition) is 4. The van der Waals surface area contributed by atoms with E-state index in [1.807, 2.05) is 0 Å². The highest BCUT2D eigenvalue weighted by atomic mass is 16.5. The zero-order chi connectivity index (χ0) is 11.7. The Morgan fingerprint density at radius 3 is 2.13 bits per heavy atom. The summed E-state index contributed by atoms with van der Waals surface area (Å²) in [6, 6.07) is 0. The lowest BCUT2D eigenvalue weighted by molar-refractivity contribution is -0.158. The Bertz CT molecular complexity index is 308. The maximum Gasteiger partial charge on any atom is 0.316 e. The summed E-state index contributed by atoms with van der Waals surface area (Å²) in [5.41, 5.74) is 0. The summed E-state index contributed by atoms with van der Waals surface area (Å²) >= 11 is 0. The highest BCUT2D eigenvalue weighted by Crippen LogP contribution is 2.33. The predicted octanol–water partition coefficient (Wildman–Crippen LogP) is 0.836. The molecule has 0 N–H and O–H groups in total. The molecule has 0 aliphatic heterocycles. The number of carbonyl (C=O) groups is 3. The SMILES string of the molecule is COC(=O)C1C(=O)C(C)C(=O)C(C)C1C. The monoisotopic (exact) mass is 212 g/mol. The Morgan fingerprint density at radius 2 is 1.67 bits per heavy atom. The Hall–Kier alpha value is -1.19. The van der Waals surface area contributed by atoms with Gasteiger partial charge in [0.05, 0.1) is 13.0 Å². The number of rotatable bonds is 1. The number of Topliss-reactive ketones (excluding diaryl/α,β-unsaturated/α-hetero) is 2. The van der Waals surface area contributed by atoms with Crippen LogP contribution in [0.2, 0.25) is 0 Å². The number of ether oxygens (including phenoxy) is 1. The maximum absolute atomic E-state index is 11.8.